The zero-order chi connectivity index (χ0) is 19.1. The Morgan fingerprint density at radius 3 is 2.35 bits per heavy atom. The van der Waals surface area contributed by atoms with Gasteiger partial charge >= 0.3 is 0 Å². The number of para-hydroxylation sites is 2. The molecule has 0 aliphatic carbocycles. The molecule has 2 amide bonds. The Morgan fingerprint density at radius 2 is 1.73 bits per heavy atom. The Balaban J connectivity index is 2.29. The number of hydrogen-bond donors (Lipinski definition) is 0. The van der Waals surface area contributed by atoms with Crippen molar-refractivity contribution in [3.63, 3.8) is 0 Å². The average molecular weight is 354 g/mol. The maximum atomic E-state index is 12.9. The van der Waals surface area contributed by atoms with Crippen LogP contribution in [0.1, 0.15) is 26.3 Å². The lowest BCUT2D eigenvalue weighted by Crippen LogP contribution is -2.42. The number of hydrogen-bond acceptors (Lipinski definition) is 3. The number of nitrogens with zero attached hydrogens (tertiary/aromatic N) is 2. The Morgan fingerprint density at radius 1 is 1.00 bits per heavy atom. The molecule has 5 nitrogen and oxygen atoms in total. The summed E-state index contributed by atoms with van der Waals surface area (Å²) in [6.07, 6.45) is 0. The first kappa shape index (κ1) is 19.5. The molecule has 5 heteroatoms. The predicted octanol–water partition coefficient (Wildman–Crippen LogP) is 3.80. The van der Waals surface area contributed by atoms with Gasteiger partial charge in [0, 0.05) is 19.2 Å². The Kier molecular flexibility index (Phi) is 6.78. The minimum atomic E-state index is -0.203. The zero-order valence-electron chi connectivity index (χ0n) is 15.9. The van der Waals surface area contributed by atoms with E-state index in [1.54, 1.807) is 17.0 Å². The minimum Gasteiger partial charge on any atom is -0.492 e. The number of likely N-dealkylation sites (N-methyl/N-ethyl adjacent to an activating group) is 1. The Hall–Kier alpha value is -2.82. The van der Waals surface area contributed by atoms with Crippen LogP contribution < -0.4 is 14.5 Å². The van der Waals surface area contributed by atoms with Gasteiger partial charge in [0.1, 0.15) is 12.3 Å². The smallest absolute Gasteiger partial charge is 0.247 e. The quantitative estimate of drug-likeness (QED) is 0.760. The molecule has 0 heterocycles. The highest BCUT2D eigenvalue weighted by atomic mass is 16.5. The second kappa shape index (κ2) is 9.04. The largest absolute Gasteiger partial charge is 0.492 e. The fourth-order valence-electron chi connectivity index (χ4n) is 2.84. The highest BCUT2D eigenvalue weighted by Gasteiger charge is 2.23. The predicted molar refractivity (Wildman–Crippen MR) is 105 cm³/mol. The SMILES string of the molecule is CCOc1ccccc1N(CC(=O)N(CC)c1cccc(C)c1)C(C)=O. The van der Waals surface area contributed by atoms with Crippen LogP contribution >= 0.6 is 0 Å². The number of rotatable bonds is 7. The summed E-state index contributed by atoms with van der Waals surface area (Å²) in [5.41, 5.74) is 2.52. The van der Waals surface area contributed by atoms with Crippen molar-refractivity contribution in [2.24, 2.45) is 0 Å². The fourth-order valence-corrected chi connectivity index (χ4v) is 2.84. The van der Waals surface area contributed by atoms with E-state index >= 15 is 0 Å². The number of carbonyl (C=O) groups excluding carboxylic acids is 2. The number of aryl methyl sites for hydroxylation is 1. The van der Waals surface area contributed by atoms with Crippen molar-refractivity contribution in [3.8, 4) is 5.75 Å². The van der Waals surface area contributed by atoms with E-state index < -0.39 is 0 Å². The van der Waals surface area contributed by atoms with Gasteiger partial charge in [0.15, 0.2) is 0 Å². The van der Waals surface area contributed by atoms with E-state index in [9.17, 15) is 9.59 Å². The Labute approximate surface area is 155 Å². The molecule has 0 N–H and O–H groups in total. The molecule has 0 aliphatic rings. The molecule has 0 bridgehead atoms. The van der Waals surface area contributed by atoms with Crippen LogP contribution in [0, 0.1) is 6.92 Å². The van der Waals surface area contributed by atoms with E-state index in [4.69, 9.17) is 4.74 Å². The summed E-state index contributed by atoms with van der Waals surface area (Å²) in [4.78, 5) is 28.3. The molecule has 0 radical (unpaired) electrons. The topological polar surface area (TPSA) is 49.9 Å². The molecule has 0 atom stereocenters. The normalized spacial score (nSPS) is 10.3. The number of ether oxygens (including phenoxy) is 1. The summed E-state index contributed by atoms with van der Waals surface area (Å²) in [6, 6.07) is 15.1. The number of amides is 2. The molecule has 0 fully saturated rings. The highest BCUT2D eigenvalue weighted by Crippen LogP contribution is 2.28. The van der Waals surface area contributed by atoms with Crippen molar-refractivity contribution in [2.75, 3.05) is 29.5 Å². The summed E-state index contributed by atoms with van der Waals surface area (Å²) in [7, 11) is 0. The van der Waals surface area contributed by atoms with Crippen molar-refractivity contribution < 1.29 is 14.3 Å². The van der Waals surface area contributed by atoms with Crippen molar-refractivity contribution in [2.45, 2.75) is 27.7 Å². The number of anilines is 2. The molecule has 0 saturated heterocycles. The van der Waals surface area contributed by atoms with E-state index in [1.807, 2.05) is 57.2 Å². The number of carbonyl (C=O) groups is 2. The van der Waals surface area contributed by atoms with Crippen molar-refractivity contribution in [1.29, 1.82) is 0 Å². The van der Waals surface area contributed by atoms with Gasteiger partial charge in [0.2, 0.25) is 11.8 Å². The summed E-state index contributed by atoms with van der Waals surface area (Å²) in [5, 5.41) is 0. The lowest BCUT2D eigenvalue weighted by molar-refractivity contribution is -0.121. The van der Waals surface area contributed by atoms with Gasteiger partial charge in [-0.15, -0.1) is 0 Å². The van der Waals surface area contributed by atoms with Crippen molar-refractivity contribution in [1.82, 2.24) is 0 Å². The molecular weight excluding hydrogens is 328 g/mol. The lowest BCUT2D eigenvalue weighted by atomic mass is 10.2. The first-order valence-corrected chi connectivity index (χ1v) is 8.84. The van der Waals surface area contributed by atoms with Crippen LogP contribution in [-0.4, -0.2) is 31.5 Å². The summed E-state index contributed by atoms with van der Waals surface area (Å²) in [5.74, 6) is 0.252. The van der Waals surface area contributed by atoms with Crippen LogP contribution in [0.3, 0.4) is 0 Å². The maximum absolute atomic E-state index is 12.9. The van der Waals surface area contributed by atoms with Crippen molar-refractivity contribution >= 4 is 23.2 Å². The van der Waals surface area contributed by atoms with E-state index in [0.29, 0.717) is 24.6 Å². The van der Waals surface area contributed by atoms with Gasteiger partial charge < -0.3 is 9.64 Å². The molecule has 0 spiro atoms. The van der Waals surface area contributed by atoms with Gasteiger partial charge in [-0.3, -0.25) is 14.5 Å². The van der Waals surface area contributed by atoms with Crippen LogP contribution in [0.15, 0.2) is 48.5 Å². The molecular formula is C21H26N2O3. The Bertz CT molecular complexity index is 773. The molecule has 2 aromatic rings. The third kappa shape index (κ3) is 4.63. The van der Waals surface area contributed by atoms with Gasteiger partial charge in [-0.05, 0) is 50.6 Å². The lowest BCUT2D eigenvalue weighted by Gasteiger charge is -2.27. The van der Waals surface area contributed by atoms with E-state index in [1.165, 1.54) is 11.8 Å². The molecule has 0 unspecified atom stereocenters. The van der Waals surface area contributed by atoms with Crippen LogP contribution in [0.2, 0.25) is 0 Å². The van der Waals surface area contributed by atoms with Gasteiger partial charge in [-0.2, -0.15) is 0 Å². The van der Waals surface area contributed by atoms with Gasteiger partial charge in [0.25, 0.3) is 0 Å². The summed E-state index contributed by atoms with van der Waals surface area (Å²) >= 11 is 0. The molecule has 26 heavy (non-hydrogen) atoms. The molecule has 0 saturated carbocycles. The first-order chi connectivity index (χ1) is 12.5. The van der Waals surface area contributed by atoms with E-state index in [2.05, 4.69) is 0 Å². The fraction of sp³-hybridized carbons (Fsp3) is 0.333. The third-order valence-corrected chi connectivity index (χ3v) is 4.06. The van der Waals surface area contributed by atoms with Gasteiger partial charge in [-0.1, -0.05) is 24.3 Å². The van der Waals surface area contributed by atoms with E-state index in [-0.39, 0.29) is 18.4 Å². The monoisotopic (exact) mass is 354 g/mol. The third-order valence-electron chi connectivity index (χ3n) is 4.06. The van der Waals surface area contributed by atoms with Crippen LogP contribution in [-0.2, 0) is 9.59 Å². The maximum Gasteiger partial charge on any atom is 0.247 e. The average Bonchev–Trinajstić information content (AvgIpc) is 2.61. The number of benzene rings is 2. The second-order valence-corrected chi connectivity index (χ2v) is 5.98. The molecule has 138 valence electrons. The van der Waals surface area contributed by atoms with Crippen LogP contribution in [0.4, 0.5) is 11.4 Å². The molecule has 0 aromatic heterocycles. The summed E-state index contributed by atoms with van der Waals surface area (Å²) in [6.45, 7) is 8.23. The van der Waals surface area contributed by atoms with E-state index in [0.717, 1.165) is 11.3 Å². The zero-order valence-corrected chi connectivity index (χ0v) is 15.9. The van der Waals surface area contributed by atoms with Gasteiger partial charge in [-0.25, -0.2) is 0 Å². The van der Waals surface area contributed by atoms with Gasteiger partial charge in [0.05, 0.1) is 12.3 Å². The highest BCUT2D eigenvalue weighted by molar-refractivity contribution is 6.03. The minimum absolute atomic E-state index is 0.0405. The molecule has 0 aliphatic heterocycles. The second-order valence-electron chi connectivity index (χ2n) is 5.98. The first-order valence-electron chi connectivity index (χ1n) is 8.84. The van der Waals surface area contributed by atoms with Crippen LogP contribution in [0.25, 0.3) is 0 Å². The van der Waals surface area contributed by atoms with Crippen molar-refractivity contribution in [3.05, 3.63) is 54.1 Å². The standard InChI is InChI=1S/C21H26N2O3/c1-5-22(18-11-9-10-16(3)14-18)21(25)15-23(17(4)24)19-12-7-8-13-20(19)26-6-2/h7-14H,5-6,15H2,1-4H3. The molecule has 2 rings (SSSR count). The summed E-state index contributed by atoms with van der Waals surface area (Å²) < 4.78 is 5.62. The van der Waals surface area contributed by atoms with Crippen LogP contribution in [0.5, 0.6) is 5.75 Å². The molecule has 2 aromatic carbocycles.